The minimum absolute atomic E-state index is 0.394. The van der Waals surface area contributed by atoms with Crippen molar-refractivity contribution in [2.45, 2.75) is 53.0 Å². The molecule has 1 aromatic carbocycles. The van der Waals surface area contributed by atoms with Crippen molar-refractivity contribution in [1.29, 1.82) is 0 Å². The molecule has 2 atom stereocenters. The first-order chi connectivity index (χ1) is 9.75. The third kappa shape index (κ3) is 6.84. The van der Waals surface area contributed by atoms with E-state index in [2.05, 4.69) is 62.1 Å². The van der Waals surface area contributed by atoms with Crippen LogP contribution >= 0.6 is 15.9 Å². The molecule has 0 aliphatic heterocycles. The first-order valence-corrected chi connectivity index (χ1v) is 8.54. The molecule has 1 N–H and O–H groups in total. The fourth-order valence-corrected chi connectivity index (χ4v) is 3.50. The van der Waals surface area contributed by atoms with Gasteiger partial charge in [-0.05, 0) is 61.4 Å². The zero-order valence-corrected chi connectivity index (χ0v) is 15.9. The molecule has 0 radical (unpaired) electrons. The Bertz CT molecular complexity index is 439. The first kappa shape index (κ1) is 18.5. The second kappa shape index (κ2) is 8.19. The molecule has 0 saturated heterocycles. The van der Waals surface area contributed by atoms with Gasteiger partial charge in [-0.3, -0.25) is 0 Å². The average Bonchev–Trinajstić information content (AvgIpc) is 2.36. The summed E-state index contributed by atoms with van der Waals surface area (Å²) in [4.78, 5) is 0. The van der Waals surface area contributed by atoms with Crippen LogP contribution in [0.2, 0.25) is 0 Å². The lowest BCUT2D eigenvalue weighted by Gasteiger charge is -2.27. The highest BCUT2D eigenvalue weighted by molar-refractivity contribution is 9.10. The smallest absolute Gasteiger partial charge is 0.122 e. The topological polar surface area (TPSA) is 21.3 Å². The van der Waals surface area contributed by atoms with E-state index in [9.17, 15) is 0 Å². The molecular weight excluding hydrogens is 326 g/mol. The minimum Gasteiger partial charge on any atom is -0.496 e. The van der Waals surface area contributed by atoms with Crippen LogP contribution in [0.4, 0.5) is 0 Å². The summed E-state index contributed by atoms with van der Waals surface area (Å²) >= 11 is 3.55. The van der Waals surface area contributed by atoms with Crippen molar-refractivity contribution < 1.29 is 4.74 Å². The molecule has 0 saturated carbocycles. The predicted molar refractivity (Wildman–Crippen MR) is 95.1 cm³/mol. The van der Waals surface area contributed by atoms with Crippen LogP contribution in [0.25, 0.3) is 0 Å². The maximum absolute atomic E-state index is 5.48. The molecule has 0 spiro atoms. The lowest BCUT2D eigenvalue weighted by Crippen LogP contribution is -2.30. The van der Waals surface area contributed by atoms with E-state index in [0.29, 0.717) is 17.4 Å². The predicted octanol–water partition coefficient (Wildman–Crippen LogP) is 5.05. The van der Waals surface area contributed by atoms with Crippen molar-refractivity contribution in [2.24, 2.45) is 11.3 Å². The SMILES string of the molecule is CNC(Cc1cc(Br)ccc1OC)CC(C)CC(C)(C)C. The molecule has 2 unspecified atom stereocenters. The number of hydrogen-bond acceptors (Lipinski definition) is 2. The Morgan fingerprint density at radius 2 is 1.95 bits per heavy atom. The Morgan fingerprint density at radius 3 is 2.48 bits per heavy atom. The monoisotopic (exact) mass is 355 g/mol. The largest absolute Gasteiger partial charge is 0.496 e. The van der Waals surface area contributed by atoms with Crippen LogP contribution < -0.4 is 10.1 Å². The molecule has 0 bridgehead atoms. The first-order valence-electron chi connectivity index (χ1n) is 7.75. The molecule has 0 aromatic heterocycles. The van der Waals surface area contributed by atoms with Crippen LogP contribution in [-0.2, 0) is 6.42 Å². The number of methoxy groups -OCH3 is 1. The Labute approximate surface area is 138 Å². The quantitative estimate of drug-likeness (QED) is 0.738. The molecule has 21 heavy (non-hydrogen) atoms. The summed E-state index contributed by atoms with van der Waals surface area (Å²) in [6, 6.07) is 6.70. The van der Waals surface area contributed by atoms with Gasteiger partial charge in [0.15, 0.2) is 0 Å². The standard InChI is InChI=1S/C18H30BrNO/c1-13(12-18(2,3)4)9-16(20-5)11-14-10-15(19)7-8-17(14)21-6/h7-8,10,13,16,20H,9,11-12H2,1-6H3. The highest BCUT2D eigenvalue weighted by Gasteiger charge is 2.19. The van der Waals surface area contributed by atoms with E-state index in [-0.39, 0.29) is 0 Å². The molecule has 1 rings (SSSR count). The van der Waals surface area contributed by atoms with Crippen molar-refractivity contribution in [1.82, 2.24) is 5.32 Å². The van der Waals surface area contributed by atoms with Crippen LogP contribution in [0.1, 0.15) is 46.1 Å². The van der Waals surface area contributed by atoms with E-state index in [1.165, 1.54) is 18.4 Å². The van der Waals surface area contributed by atoms with E-state index in [1.807, 2.05) is 12.1 Å². The van der Waals surface area contributed by atoms with Gasteiger partial charge in [0.1, 0.15) is 5.75 Å². The van der Waals surface area contributed by atoms with Gasteiger partial charge in [-0.1, -0.05) is 43.6 Å². The number of hydrogen-bond donors (Lipinski definition) is 1. The zero-order valence-electron chi connectivity index (χ0n) is 14.3. The number of benzene rings is 1. The van der Waals surface area contributed by atoms with E-state index >= 15 is 0 Å². The van der Waals surface area contributed by atoms with Crippen molar-refractivity contribution in [3.8, 4) is 5.75 Å². The molecule has 120 valence electrons. The highest BCUT2D eigenvalue weighted by Crippen LogP contribution is 2.29. The van der Waals surface area contributed by atoms with Crippen molar-refractivity contribution >= 4 is 15.9 Å². The van der Waals surface area contributed by atoms with Gasteiger partial charge >= 0.3 is 0 Å². The summed E-state index contributed by atoms with van der Waals surface area (Å²) in [6.45, 7) is 9.30. The van der Waals surface area contributed by atoms with Crippen LogP contribution in [-0.4, -0.2) is 20.2 Å². The number of halogens is 1. The van der Waals surface area contributed by atoms with Gasteiger partial charge in [0.2, 0.25) is 0 Å². The molecule has 0 aliphatic rings. The number of likely N-dealkylation sites (N-methyl/N-ethyl adjacent to an activating group) is 1. The molecule has 0 aliphatic carbocycles. The fraction of sp³-hybridized carbons (Fsp3) is 0.667. The third-order valence-corrected chi connectivity index (χ3v) is 4.26. The second-order valence-corrected chi connectivity index (χ2v) is 8.17. The molecular formula is C18H30BrNO. The van der Waals surface area contributed by atoms with E-state index in [1.54, 1.807) is 7.11 Å². The summed E-state index contributed by atoms with van der Waals surface area (Å²) < 4.78 is 6.59. The summed E-state index contributed by atoms with van der Waals surface area (Å²) in [5, 5.41) is 3.47. The maximum Gasteiger partial charge on any atom is 0.122 e. The molecule has 0 heterocycles. The Kier molecular flexibility index (Phi) is 7.22. The van der Waals surface area contributed by atoms with Crippen LogP contribution in [0.15, 0.2) is 22.7 Å². The van der Waals surface area contributed by atoms with E-state index < -0.39 is 0 Å². The zero-order chi connectivity index (χ0) is 16.0. The summed E-state index contributed by atoms with van der Waals surface area (Å²) in [5.74, 6) is 1.68. The van der Waals surface area contributed by atoms with Gasteiger partial charge in [0, 0.05) is 10.5 Å². The van der Waals surface area contributed by atoms with Gasteiger partial charge in [0.25, 0.3) is 0 Å². The van der Waals surface area contributed by atoms with Gasteiger partial charge in [0.05, 0.1) is 7.11 Å². The summed E-state index contributed by atoms with van der Waals surface area (Å²) in [5.41, 5.74) is 1.65. The number of ether oxygens (including phenoxy) is 1. The fourth-order valence-electron chi connectivity index (χ4n) is 3.09. The second-order valence-electron chi connectivity index (χ2n) is 7.25. The molecule has 3 heteroatoms. The molecule has 2 nitrogen and oxygen atoms in total. The van der Waals surface area contributed by atoms with Crippen LogP contribution in [0.3, 0.4) is 0 Å². The highest BCUT2D eigenvalue weighted by atomic mass is 79.9. The number of rotatable bonds is 7. The normalized spacial score (nSPS) is 14.8. The van der Waals surface area contributed by atoms with Gasteiger partial charge in [-0.25, -0.2) is 0 Å². The van der Waals surface area contributed by atoms with Gasteiger partial charge in [-0.2, -0.15) is 0 Å². The summed E-state index contributed by atoms with van der Waals surface area (Å²) in [7, 11) is 3.79. The van der Waals surface area contributed by atoms with Crippen molar-refractivity contribution in [3.05, 3.63) is 28.2 Å². The minimum atomic E-state index is 0.394. The van der Waals surface area contributed by atoms with Crippen LogP contribution in [0, 0.1) is 11.3 Å². The third-order valence-electron chi connectivity index (χ3n) is 3.76. The number of nitrogens with one attached hydrogen (secondary N) is 1. The van der Waals surface area contributed by atoms with E-state index in [4.69, 9.17) is 4.74 Å². The Morgan fingerprint density at radius 1 is 1.29 bits per heavy atom. The van der Waals surface area contributed by atoms with Gasteiger partial charge < -0.3 is 10.1 Å². The Balaban J connectivity index is 2.72. The maximum atomic E-state index is 5.48. The lowest BCUT2D eigenvalue weighted by molar-refractivity contribution is 0.277. The molecule has 1 aromatic rings. The molecule has 0 fully saturated rings. The summed E-state index contributed by atoms with van der Waals surface area (Å²) in [6.07, 6.45) is 3.43. The lowest BCUT2D eigenvalue weighted by atomic mass is 9.82. The Hall–Kier alpha value is -0.540. The molecule has 0 amide bonds. The van der Waals surface area contributed by atoms with Gasteiger partial charge in [-0.15, -0.1) is 0 Å². The van der Waals surface area contributed by atoms with Crippen molar-refractivity contribution in [2.75, 3.05) is 14.2 Å². The van der Waals surface area contributed by atoms with Crippen molar-refractivity contribution in [3.63, 3.8) is 0 Å². The van der Waals surface area contributed by atoms with Crippen LogP contribution in [0.5, 0.6) is 5.75 Å². The van der Waals surface area contributed by atoms with E-state index in [0.717, 1.165) is 16.6 Å². The average molecular weight is 356 g/mol.